The van der Waals surface area contributed by atoms with Gasteiger partial charge in [-0.05, 0) is 66.6 Å². The molecule has 0 spiro atoms. The second-order valence-electron chi connectivity index (χ2n) is 16.7. The Hall–Kier alpha value is -6.17. The van der Waals surface area contributed by atoms with E-state index in [1.807, 2.05) is 69.6 Å². The SMILES string of the molecule is COc1cc(N2CCC(OCC(=O)N[C@H](C(=O)N3C[C@H](O)C[C@H]3C(=O)NCc3ccc(-c4scnc4C)cc3)C(C)(C)C)CC2)ccc1NC(=O)c1cccc(-c2ccn[nH]2)n1. The number of nitrogens with one attached hydrogen (secondary N) is 4. The van der Waals surface area contributed by atoms with Crippen LogP contribution in [0.5, 0.6) is 5.75 Å². The lowest BCUT2D eigenvalue weighted by atomic mass is 9.85. The summed E-state index contributed by atoms with van der Waals surface area (Å²) in [6.07, 6.45) is 1.99. The Labute approximate surface area is 364 Å². The highest BCUT2D eigenvalue weighted by Crippen LogP contribution is 2.33. The average molecular weight is 864 g/mol. The van der Waals surface area contributed by atoms with Crippen molar-refractivity contribution in [3.05, 3.63) is 95.4 Å². The van der Waals surface area contributed by atoms with Crippen molar-refractivity contribution in [2.75, 3.05) is 43.6 Å². The van der Waals surface area contributed by atoms with E-state index in [1.165, 1.54) is 4.90 Å². The van der Waals surface area contributed by atoms with Gasteiger partial charge in [-0.3, -0.25) is 24.3 Å². The fourth-order valence-electron chi connectivity index (χ4n) is 7.73. The zero-order valence-electron chi connectivity index (χ0n) is 35.5. The van der Waals surface area contributed by atoms with Crippen molar-refractivity contribution < 1.29 is 33.8 Å². The molecule has 4 amide bonds. The summed E-state index contributed by atoms with van der Waals surface area (Å²) < 4.78 is 11.7. The standard InChI is InChI=1S/C45H53N9O7S/c1-27-40(62-26-47-27)29-11-9-28(10-12-29)23-46-43(58)37-22-31(55)24-54(37)44(59)41(45(2,3)4)51-39(56)25-61-32-16-19-53(20-17-32)30-13-14-35(38(21-30)60-5)50-42(57)36-8-6-7-33(49-36)34-15-18-48-52-34/h6-15,18,21,26,31-32,37,41,55H,16-17,19-20,22-25H2,1-5H3,(H,46,58)(H,48,52)(H,50,57)(H,51,56)/t31-,37+,41-/m1/s1. The molecule has 16 nitrogen and oxygen atoms in total. The van der Waals surface area contributed by atoms with Crippen LogP contribution in [0, 0.1) is 12.3 Å². The number of methoxy groups -OCH3 is 1. The molecule has 3 aromatic heterocycles. The maximum absolute atomic E-state index is 14.1. The van der Waals surface area contributed by atoms with Crippen molar-refractivity contribution in [3.63, 3.8) is 0 Å². The van der Waals surface area contributed by atoms with Crippen molar-refractivity contribution in [2.45, 2.75) is 77.8 Å². The number of β-amino-alcohol motifs (C(OH)–C–C–N with tert-alkyl or cyclic N) is 1. The monoisotopic (exact) mass is 863 g/mol. The number of aliphatic hydroxyl groups excluding tert-OH is 1. The Balaban J connectivity index is 0.887. The lowest BCUT2D eigenvalue weighted by Crippen LogP contribution is -2.58. The highest BCUT2D eigenvalue weighted by molar-refractivity contribution is 7.13. The maximum Gasteiger partial charge on any atom is 0.274 e. The Morgan fingerprint density at radius 2 is 1.81 bits per heavy atom. The average Bonchev–Trinajstić information content (AvgIpc) is 4.06. The van der Waals surface area contributed by atoms with Gasteiger partial charge in [0.25, 0.3) is 5.91 Å². The highest BCUT2D eigenvalue weighted by Gasteiger charge is 2.44. The Morgan fingerprint density at radius 3 is 2.48 bits per heavy atom. The molecule has 17 heteroatoms. The molecule has 2 fully saturated rings. The minimum atomic E-state index is -0.963. The van der Waals surface area contributed by atoms with Gasteiger partial charge in [0.1, 0.15) is 30.1 Å². The third-order valence-corrected chi connectivity index (χ3v) is 12.1. The number of benzene rings is 2. The first-order valence-corrected chi connectivity index (χ1v) is 21.5. The van der Waals surface area contributed by atoms with Crippen LogP contribution in [0.1, 0.15) is 61.8 Å². The van der Waals surface area contributed by atoms with Crippen LogP contribution in [0.2, 0.25) is 0 Å². The number of H-pyrrole nitrogens is 1. The number of hydrogen-bond acceptors (Lipinski definition) is 12. The molecule has 3 atom stereocenters. The number of amides is 4. The minimum Gasteiger partial charge on any atom is -0.494 e. The van der Waals surface area contributed by atoms with Crippen LogP contribution in [-0.2, 0) is 25.7 Å². The van der Waals surface area contributed by atoms with Gasteiger partial charge >= 0.3 is 0 Å². The molecule has 2 aliphatic heterocycles. The molecular formula is C45H53N9O7S. The molecule has 0 unspecified atom stereocenters. The minimum absolute atomic E-state index is 0.0141. The summed E-state index contributed by atoms with van der Waals surface area (Å²) in [6, 6.07) is 18.6. The number of anilines is 2. The number of hydrogen-bond donors (Lipinski definition) is 5. The molecule has 0 bridgehead atoms. The third-order valence-electron chi connectivity index (χ3n) is 11.2. The number of thiazole rings is 1. The molecule has 0 aliphatic carbocycles. The first-order valence-electron chi connectivity index (χ1n) is 20.6. The number of ether oxygens (including phenoxy) is 2. The second-order valence-corrected chi connectivity index (χ2v) is 17.5. The smallest absolute Gasteiger partial charge is 0.274 e. The van der Waals surface area contributed by atoms with Crippen molar-refractivity contribution >= 4 is 46.3 Å². The summed E-state index contributed by atoms with van der Waals surface area (Å²) in [5, 5.41) is 26.1. The van der Waals surface area contributed by atoms with Gasteiger partial charge < -0.3 is 40.3 Å². The number of aliphatic hydroxyl groups is 1. The van der Waals surface area contributed by atoms with Crippen LogP contribution in [0.25, 0.3) is 21.8 Å². The maximum atomic E-state index is 14.1. The van der Waals surface area contributed by atoms with Gasteiger partial charge in [-0.1, -0.05) is 51.1 Å². The Kier molecular flexibility index (Phi) is 13.6. The molecule has 2 saturated heterocycles. The fourth-order valence-corrected chi connectivity index (χ4v) is 8.54. The van der Waals surface area contributed by atoms with Crippen molar-refractivity contribution in [1.29, 1.82) is 0 Å². The molecule has 62 heavy (non-hydrogen) atoms. The number of rotatable bonds is 14. The number of likely N-dealkylation sites (tertiary alicyclic amines) is 1. The predicted molar refractivity (Wildman–Crippen MR) is 236 cm³/mol. The van der Waals surface area contributed by atoms with Crippen LogP contribution in [0.4, 0.5) is 11.4 Å². The van der Waals surface area contributed by atoms with Crippen LogP contribution in [0.15, 0.2) is 78.4 Å². The molecule has 2 aliphatic rings. The Morgan fingerprint density at radius 1 is 1.03 bits per heavy atom. The van der Waals surface area contributed by atoms with Crippen LogP contribution >= 0.6 is 11.3 Å². The van der Waals surface area contributed by atoms with Crippen LogP contribution < -0.4 is 25.6 Å². The van der Waals surface area contributed by atoms with E-state index in [-0.39, 0.29) is 49.7 Å². The topological polar surface area (TPSA) is 204 Å². The number of carbonyl (C=O) groups is 4. The lowest BCUT2D eigenvalue weighted by molar-refractivity contribution is -0.145. The number of piperidine rings is 1. The van der Waals surface area contributed by atoms with Gasteiger partial charge in [-0.15, -0.1) is 11.3 Å². The van der Waals surface area contributed by atoms with E-state index in [1.54, 1.807) is 55.0 Å². The first kappa shape index (κ1) is 43.9. The van der Waals surface area contributed by atoms with E-state index in [0.717, 1.165) is 27.4 Å². The van der Waals surface area contributed by atoms with Gasteiger partial charge in [0, 0.05) is 50.6 Å². The van der Waals surface area contributed by atoms with E-state index in [4.69, 9.17) is 9.47 Å². The summed E-state index contributed by atoms with van der Waals surface area (Å²) in [4.78, 5) is 67.5. The molecule has 326 valence electrons. The molecule has 7 rings (SSSR count). The fraction of sp³-hybridized carbons (Fsp3) is 0.400. The van der Waals surface area contributed by atoms with Crippen LogP contribution in [-0.4, -0.2) is 111 Å². The summed E-state index contributed by atoms with van der Waals surface area (Å²) in [7, 11) is 1.55. The lowest BCUT2D eigenvalue weighted by Gasteiger charge is -2.36. The molecule has 0 radical (unpaired) electrons. The summed E-state index contributed by atoms with van der Waals surface area (Å²) in [5.74, 6) is -1.12. The number of aromatic nitrogens is 4. The predicted octanol–water partition coefficient (Wildman–Crippen LogP) is 4.96. The molecule has 0 saturated carbocycles. The molecule has 2 aromatic carbocycles. The van der Waals surface area contributed by atoms with Gasteiger partial charge in [0.05, 0.1) is 52.5 Å². The van der Waals surface area contributed by atoms with Crippen molar-refractivity contribution in [2.24, 2.45) is 5.41 Å². The summed E-state index contributed by atoms with van der Waals surface area (Å²) in [5.41, 5.74) is 6.99. The van der Waals surface area contributed by atoms with Gasteiger partial charge in [0.2, 0.25) is 17.7 Å². The van der Waals surface area contributed by atoms with Crippen LogP contribution in [0.3, 0.4) is 0 Å². The number of aromatic amines is 1. The normalized spacial score (nSPS) is 17.4. The van der Waals surface area contributed by atoms with E-state index in [9.17, 15) is 24.3 Å². The zero-order chi connectivity index (χ0) is 44.0. The van der Waals surface area contributed by atoms with E-state index < -0.39 is 35.4 Å². The first-order chi connectivity index (χ1) is 29.8. The van der Waals surface area contributed by atoms with Gasteiger partial charge in [0.15, 0.2) is 0 Å². The van der Waals surface area contributed by atoms with E-state index >= 15 is 0 Å². The van der Waals surface area contributed by atoms with Crippen molar-refractivity contribution in [1.82, 2.24) is 35.7 Å². The number of carbonyl (C=O) groups excluding carboxylic acids is 4. The number of aryl methyl sites for hydroxylation is 1. The van der Waals surface area contributed by atoms with Gasteiger partial charge in [-0.2, -0.15) is 5.10 Å². The highest BCUT2D eigenvalue weighted by atomic mass is 32.1. The van der Waals surface area contributed by atoms with Crippen molar-refractivity contribution in [3.8, 4) is 27.6 Å². The Bertz CT molecular complexity index is 2360. The van der Waals surface area contributed by atoms with Gasteiger partial charge in [-0.25, -0.2) is 9.97 Å². The van der Waals surface area contributed by atoms with E-state index in [0.29, 0.717) is 48.8 Å². The molecule has 5 aromatic rings. The summed E-state index contributed by atoms with van der Waals surface area (Å²) in [6.45, 7) is 8.84. The largest absolute Gasteiger partial charge is 0.494 e. The zero-order valence-corrected chi connectivity index (χ0v) is 36.3. The van der Waals surface area contributed by atoms with E-state index in [2.05, 4.69) is 41.0 Å². The quantitative estimate of drug-likeness (QED) is 0.101. The molecule has 5 N–H and O–H groups in total. The molecular weight excluding hydrogens is 811 g/mol. The third kappa shape index (κ3) is 10.5. The second kappa shape index (κ2) is 19.3. The number of nitrogens with zero attached hydrogens (tertiary/aromatic N) is 5. The summed E-state index contributed by atoms with van der Waals surface area (Å²) >= 11 is 1.57. The number of pyridine rings is 1. The molecule has 5 heterocycles.